The molecule has 0 aliphatic carbocycles. The van der Waals surface area contributed by atoms with E-state index in [-0.39, 0.29) is 0 Å². The smallest absolute Gasteiger partial charge is 0.0979 e. The molecule has 1 aromatic carbocycles. The van der Waals surface area contributed by atoms with Crippen LogP contribution in [0.5, 0.6) is 0 Å². The molecule has 0 aliphatic heterocycles. The highest BCUT2D eigenvalue weighted by Gasteiger charge is 2.28. The van der Waals surface area contributed by atoms with Gasteiger partial charge in [-0.25, -0.2) is 0 Å². The fraction of sp³-hybridized carbons (Fsp3) is 0.231. The Morgan fingerprint density at radius 2 is 1.88 bits per heavy atom. The van der Waals surface area contributed by atoms with E-state index in [2.05, 4.69) is 13.2 Å². The summed E-state index contributed by atoms with van der Waals surface area (Å²) in [6.45, 7) is 7.27. The van der Waals surface area contributed by atoms with Crippen LogP contribution in [0, 0.1) is 0 Å². The fourth-order valence-electron chi connectivity index (χ4n) is 1.68. The molecule has 16 heavy (non-hydrogen) atoms. The third-order valence-corrected chi connectivity index (χ3v) is 2.79. The molecule has 0 atom stereocenters. The first kappa shape index (κ1) is 12.8. The van der Waals surface area contributed by atoms with Gasteiger partial charge in [-0.3, -0.25) is 0 Å². The average Bonchev–Trinajstić information content (AvgIpc) is 2.22. The lowest BCUT2D eigenvalue weighted by molar-refractivity contribution is 0.0431. The lowest BCUT2D eigenvalue weighted by Crippen LogP contribution is -2.24. The number of nitrogen functional groups attached to an aromatic ring is 1. The predicted octanol–water partition coefficient (Wildman–Crippen LogP) is 3.26. The SMILES string of the molecule is C=CCC(O)(CC=C)c1cc(N)ccc1Cl. The summed E-state index contributed by atoms with van der Waals surface area (Å²) >= 11 is 6.07. The van der Waals surface area contributed by atoms with Crippen LogP contribution in [0.2, 0.25) is 5.02 Å². The highest BCUT2D eigenvalue weighted by Crippen LogP contribution is 2.35. The van der Waals surface area contributed by atoms with Crippen LogP contribution in [0.25, 0.3) is 0 Å². The molecule has 0 spiro atoms. The number of nitrogens with two attached hydrogens (primary N) is 1. The second-order valence-corrected chi connectivity index (χ2v) is 4.16. The first-order valence-electron chi connectivity index (χ1n) is 5.03. The zero-order chi connectivity index (χ0) is 12.2. The molecule has 0 bridgehead atoms. The Hall–Kier alpha value is -1.25. The highest BCUT2D eigenvalue weighted by atomic mass is 35.5. The molecule has 2 nitrogen and oxygen atoms in total. The summed E-state index contributed by atoms with van der Waals surface area (Å²) in [6.07, 6.45) is 4.12. The molecule has 1 rings (SSSR count). The van der Waals surface area contributed by atoms with Gasteiger partial charge in [0, 0.05) is 16.3 Å². The van der Waals surface area contributed by atoms with Crippen molar-refractivity contribution in [3.63, 3.8) is 0 Å². The van der Waals surface area contributed by atoms with Gasteiger partial charge in [0.2, 0.25) is 0 Å². The molecule has 3 heteroatoms. The molecule has 0 radical (unpaired) electrons. The molecule has 0 fully saturated rings. The molecule has 0 amide bonds. The molecule has 0 aliphatic rings. The van der Waals surface area contributed by atoms with Gasteiger partial charge in [-0.05, 0) is 31.0 Å². The number of aliphatic hydroxyl groups is 1. The van der Waals surface area contributed by atoms with Crippen molar-refractivity contribution >= 4 is 17.3 Å². The molecule has 0 heterocycles. The maximum Gasteiger partial charge on any atom is 0.0979 e. The molecule has 86 valence electrons. The van der Waals surface area contributed by atoms with E-state index in [0.717, 1.165) is 0 Å². The minimum absolute atomic E-state index is 0.405. The predicted molar refractivity (Wildman–Crippen MR) is 69.4 cm³/mol. The first-order chi connectivity index (χ1) is 7.53. The standard InChI is InChI=1S/C13H16ClNO/c1-3-7-13(16,8-4-2)11-9-10(15)5-6-12(11)14/h3-6,9,16H,1-2,7-8,15H2. The van der Waals surface area contributed by atoms with E-state index in [4.69, 9.17) is 17.3 Å². The first-order valence-corrected chi connectivity index (χ1v) is 5.41. The van der Waals surface area contributed by atoms with E-state index >= 15 is 0 Å². The van der Waals surface area contributed by atoms with Gasteiger partial charge in [-0.15, -0.1) is 13.2 Å². The summed E-state index contributed by atoms with van der Waals surface area (Å²) in [4.78, 5) is 0. The number of rotatable bonds is 5. The number of benzene rings is 1. The van der Waals surface area contributed by atoms with Crippen molar-refractivity contribution < 1.29 is 5.11 Å². The topological polar surface area (TPSA) is 46.2 Å². The van der Waals surface area contributed by atoms with Crippen LogP contribution in [-0.2, 0) is 5.60 Å². The number of hydrogen-bond donors (Lipinski definition) is 2. The molecular weight excluding hydrogens is 222 g/mol. The third-order valence-electron chi connectivity index (χ3n) is 2.46. The lowest BCUT2D eigenvalue weighted by atomic mass is 9.87. The van der Waals surface area contributed by atoms with E-state index in [1.54, 1.807) is 30.4 Å². The summed E-state index contributed by atoms with van der Waals surface area (Å²) in [7, 11) is 0. The zero-order valence-electron chi connectivity index (χ0n) is 9.12. The van der Waals surface area contributed by atoms with Crippen LogP contribution < -0.4 is 5.73 Å². The van der Waals surface area contributed by atoms with Crippen LogP contribution in [0.4, 0.5) is 5.69 Å². The van der Waals surface area contributed by atoms with Gasteiger partial charge in [-0.2, -0.15) is 0 Å². The van der Waals surface area contributed by atoms with Gasteiger partial charge in [-0.1, -0.05) is 23.8 Å². The van der Waals surface area contributed by atoms with Crippen molar-refractivity contribution in [3.05, 3.63) is 54.1 Å². The van der Waals surface area contributed by atoms with Crippen LogP contribution >= 0.6 is 11.6 Å². The minimum Gasteiger partial charge on any atom is -0.399 e. The number of halogens is 1. The number of hydrogen-bond acceptors (Lipinski definition) is 2. The minimum atomic E-state index is -1.07. The second kappa shape index (κ2) is 5.19. The van der Waals surface area contributed by atoms with E-state index in [1.807, 2.05) is 0 Å². The Kier molecular flexibility index (Phi) is 4.16. The van der Waals surface area contributed by atoms with Crippen LogP contribution in [0.3, 0.4) is 0 Å². The van der Waals surface area contributed by atoms with Gasteiger partial charge >= 0.3 is 0 Å². The Labute approximate surface area is 101 Å². The third kappa shape index (κ3) is 2.65. The summed E-state index contributed by atoms with van der Waals surface area (Å²) in [6, 6.07) is 5.08. The summed E-state index contributed by atoms with van der Waals surface area (Å²) < 4.78 is 0. The average molecular weight is 238 g/mol. The molecule has 3 N–H and O–H groups in total. The zero-order valence-corrected chi connectivity index (χ0v) is 9.87. The fourth-order valence-corrected chi connectivity index (χ4v) is 1.97. The Balaban J connectivity index is 3.23. The van der Waals surface area contributed by atoms with Crippen molar-refractivity contribution in [2.45, 2.75) is 18.4 Å². The molecule has 0 unspecified atom stereocenters. The maximum absolute atomic E-state index is 10.5. The van der Waals surface area contributed by atoms with Crippen LogP contribution in [0.1, 0.15) is 18.4 Å². The highest BCUT2D eigenvalue weighted by molar-refractivity contribution is 6.31. The van der Waals surface area contributed by atoms with E-state index in [0.29, 0.717) is 29.1 Å². The van der Waals surface area contributed by atoms with Crippen molar-refractivity contribution in [3.8, 4) is 0 Å². The second-order valence-electron chi connectivity index (χ2n) is 3.76. The molecule has 0 saturated heterocycles. The monoisotopic (exact) mass is 237 g/mol. The maximum atomic E-state index is 10.5. The Morgan fingerprint density at radius 1 is 1.31 bits per heavy atom. The van der Waals surface area contributed by atoms with Crippen molar-refractivity contribution in [1.82, 2.24) is 0 Å². The van der Waals surface area contributed by atoms with Crippen LogP contribution in [-0.4, -0.2) is 5.11 Å². The van der Waals surface area contributed by atoms with Crippen molar-refractivity contribution in [2.24, 2.45) is 0 Å². The largest absolute Gasteiger partial charge is 0.399 e. The van der Waals surface area contributed by atoms with Gasteiger partial charge in [0.1, 0.15) is 0 Å². The van der Waals surface area contributed by atoms with E-state index < -0.39 is 5.60 Å². The summed E-state index contributed by atoms with van der Waals surface area (Å²) in [5, 5.41) is 11.0. The summed E-state index contributed by atoms with van der Waals surface area (Å²) in [5.41, 5.74) is 5.82. The molecule has 0 aromatic heterocycles. The Morgan fingerprint density at radius 3 is 2.38 bits per heavy atom. The number of anilines is 1. The van der Waals surface area contributed by atoms with Gasteiger partial charge in [0.25, 0.3) is 0 Å². The lowest BCUT2D eigenvalue weighted by Gasteiger charge is -2.27. The van der Waals surface area contributed by atoms with Gasteiger partial charge in [0.05, 0.1) is 5.60 Å². The summed E-state index contributed by atoms with van der Waals surface area (Å²) in [5.74, 6) is 0. The van der Waals surface area contributed by atoms with Gasteiger partial charge < -0.3 is 10.8 Å². The van der Waals surface area contributed by atoms with Crippen molar-refractivity contribution in [1.29, 1.82) is 0 Å². The normalized spacial score (nSPS) is 11.1. The quantitative estimate of drug-likeness (QED) is 0.610. The molecule has 1 aromatic rings. The molecular formula is C13H16ClNO. The molecule has 0 saturated carbocycles. The Bertz CT molecular complexity index is 391. The van der Waals surface area contributed by atoms with Crippen molar-refractivity contribution in [2.75, 3.05) is 5.73 Å². The van der Waals surface area contributed by atoms with E-state index in [9.17, 15) is 5.11 Å². The van der Waals surface area contributed by atoms with Gasteiger partial charge in [0.15, 0.2) is 0 Å². The van der Waals surface area contributed by atoms with Crippen LogP contribution in [0.15, 0.2) is 43.5 Å². The van der Waals surface area contributed by atoms with E-state index in [1.165, 1.54) is 0 Å².